The Morgan fingerprint density at radius 2 is 1.62 bits per heavy atom. The van der Waals surface area contributed by atoms with E-state index in [0.29, 0.717) is 6.61 Å². The van der Waals surface area contributed by atoms with E-state index >= 15 is 0 Å². The fourth-order valence-corrected chi connectivity index (χ4v) is 10.1. The second-order valence-corrected chi connectivity index (χ2v) is 14.0. The molecule has 2 heterocycles. The second kappa shape index (κ2) is 7.82. The average molecular weight is 410 g/mol. The number of nitrogens with zero attached hydrogens (tertiary/aromatic N) is 1. The summed E-state index contributed by atoms with van der Waals surface area (Å²) >= 11 is 0. The third-order valence-corrected chi connectivity index (χ3v) is 11.8. The summed E-state index contributed by atoms with van der Waals surface area (Å²) in [6.45, 7) is 9.39. The molecule has 0 bridgehead atoms. The second-order valence-electron chi connectivity index (χ2n) is 9.65. The van der Waals surface area contributed by atoms with Crippen LogP contribution in [0.2, 0.25) is 5.04 Å². The molecule has 0 unspecified atom stereocenters. The Morgan fingerprint density at radius 3 is 2.14 bits per heavy atom. The van der Waals surface area contributed by atoms with Gasteiger partial charge in [0.05, 0.1) is 12.9 Å². The van der Waals surface area contributed by atoms with Crippen molar-refractivity contribution in [3.63, 3.8) is 0 Å². The van der Waals surface area contributed by atoms with Crippen LogP contribution in [0.3, 0.4) is 0 Å². The Hall–Kier alpha value is -1.75. The van der Waals surface area contributed by atoms with Crippen molar-refractivity contribution in [1.29, 1.82) is 0 Å². The summed E-state index contributed by atoms with van der Waals surface area (Å²) < 4.78 is 20.5. The standard InChI is InChI=1S/C25H32FNOSi/c1-24(2,3)29(22-11-6-4-7-12-22,23-13-8-5-9-14-23)28-20-25-15-10-16-27(25)19-21(17-25)18-26/h4-9,11-14,18H,10,15-17,19-20H2,1-3H3/b21-18+/t25-/m0/s1. The van der Waals surface area contributed by atoms with Crippen LogP contribution in [0.5, 0.6) is 0 Å². The van der Waals surface area contributed by atoms with E-state index in [0.717, 1.165) is 37.8 Å². The average Bonchev–Trinajstić information content (AvgIpc) is 3.26. The Balaban J connectivity index is 1.77. The largest absolute Gasteiger partial charge is 0.406 e. The van der Waals surface area contributed by atoms with Crippen molar-refractivity contribution >= 4 is 18.7 Å². The van der Waals surface area contributed by atoms with Gasteiger partial charge in [-0.3, -0.25) is 4.90 Å². The lowest BCUT2D eigenvalue weighted by Gasteiger charge is -2.45. The van der Waals surface area contributed by atoms with Gasteiger partial charge in [-0.2, -0.15) is 0 Å². The molecule has 1 atom stereocenters. The van der Waals surface area contributed by atoms with E-state index in [4.69, 9.17) is 4.43 Å². The number of hydrogen-bond donors (Lipinski definition) is 0. The molecule has 2 saturated heterocycles. The molecule has 0 saturated carbocycles. The molecule has 0 amide bonds. The highest BCUT2D eigenvalue weighted by atomic mass is 28.4. The van der Waals surface area contributed by atoms with E-state index in [1.54, 1.807) is 0 Å². The molecule has 4 heteroatoms. The van der Waals surface area contributed by atoms with Gasteiger partial charge in [0, 0.05) is 12.1 Å². The van der Waals surface area contributed by atoms with E-state index in [1.807, 2.05) is 0 Å². The van der Waals surface area contributed by atoms with Gasteiger partial charge in [0.15, 0.2) is 0 Å². The number of benzene rings is 2. The highest BCUT2D eigenvalue weighted by molar-refractivity contribution is 6.99. The molecule has 2 aromatic carbocycles. The minimum absolute atomic E-state index is 0.0346. The quantitative estimate of drug-likeness (QED) is 0.666. The normalized spacial score (nSPS) is 24.2. The van der Waals surface area contributed by atoms with E-state index in [9.17, 15) is 4.39 Å². The molecule has 0 spiro atoms. The van der Waals surface area contributed by atoms with Gasteiger partial charge in [-0.15, -0.1) is 0 Å². The molecule has 2 aromatic rings. The number of halogens is 1. The summed E-state index contributed by atoms with van der Waals surface area (Å²) in [6.07, 6.45) is 3.87. The smallest absolute Gasteiger partial charge is 0.261 e. The van der Waals surface area contributed by atoms with Crippen LogP contribution >= 0.6 is 0 Å². The topological polar surface area (TPSA) is 12.5 Å². The lowest BCUT2D eigenvalue weighted by Crippen LogP contribution is -2.68. The van der Waals surface area contributed by atoms with Crippen molar-refractivity contribution in [2.24, 2.45) is 0 Å². The van der Waals surface area contributed by atoms with Gasteiger partial charge in [0.25, 0.3) is 8.32 Å². The van der Waals surface area contributed by atoms with E-state index < -0.39 is 8.32 Å². The number of hydrogen-bond acceptors (Lipinski definition) is 2. The van der Waals surface area contributed by atoms with Gasteiger partial charge < -0.3 is 4.43 Å². The Labute approximate surface area is 175 Å². The predicted molar refractivity (Wildman–Crippen MR) is 121 cm³/mol. The molecule has 4 rings (SSSR count). The third-order valence-electron chi connectivity index (χ3n) is 6.82. The molecule has 2 aliphatic heterocycles. The number of fused-ring (bicyclic) bond motifs is 1. The first-order valence-electron chi connectivity index (χ1n) is 10.7. The monoisotopic (exact) mass is 409 g/mol. The van der Waals surface area contributed by atoms with Crippen molar-refractivity contribution < 1.29 is 8.82 Å². The summed E-state index contributed by atoms with van der Waals surface area (Å²) in [7, 11) is -2.55. The van der Waals surface area contributed by atoms with Crippen LogP contribution < -0.4 is 10.4 Å². The van der Waals surface area contributed by atoms with Crippen molar-refractivity contribution in [3.05, 3.63) is 72.6 Å². The molecule has 29 heavy (non-hydrogen) atoms. The van der Waals surface area contributed by atoms with Gasteiger partial charge in [-0.1, -0.05) is 81.4 Å². The molecule has 0 N–H and O–H groups in total. The first-order valence-corrected chi connectivity index (χ1v) is 12.6. The Bertz CT molecular complexity index is 822. The van der Waals surface area contributed by atoms with E-state index in [2.05, 4.69) is 86.3 Å². The Morgan fingerprint density at radius 1 is 1.03 bits per heavy atom. The molecule has 0 radical (unpaired) electrons. The van der Waals surface area contributed by atoms with Gasteiger partial charge in [-0.25, -0.2) is 4.39 Å². The van der Waals surface area contributed by atoms with Crippen LogP contribution in [0.1, 0.15) is 40.0 Å². The summed E-state index contributed by atoms with van der Waals surface area (Å²) in [5.74, 6) is 0. The summed E-state index contributed by atoms with van der Waals surface area (Å²) in [4.78, 5) is 2.45. The molecule has 2 aliphatic rings. The van der Waals surface area contributed by atoms with Crippen molar-refractivity contribution in [2.75, 3.05) is 19.7 Å². The van der Waals surface area contributed by atoms with Crippen LogP contribution in [0.15, 0.2) is 72.6 Å². The lowest BCUT2D eigenvalue weighted by atomic mass is 9.94. The molecular weight excluding hydrogens is 377 g/mol. The first kappa shape index (κ1) is 20.5. The highest BCUT2D eigenvalue weighted by Gasteiger charge is 2.53. The fraction of sp³-hybridized carbons (Fsp3) is 0.440. The van der Waals surface area contributed by atoms with Crippen LogP contribution in [0.4, 0.5) is 4.39 Å². The van der Waals surface area contributed by atoms with Crippen molar-refractivity contribution in [3.8, 4) is 0 Å². The summed E-state index contributed by atoms with van der Waals surface area (Å²) in [5.41, 5.74) is 0.862. The zero-order valence-corrected chi connectivity index (χ0v) is 18.8. The fourth-order valence-electron chi connectivity index (χ4n) is 5.46. The van der Waals surface area contributed by atoms with Crippen LogP contribution in [-0.4, -0.2) is 38.5 Å². The van der Waals surface area contributed by atoms with Gasteiger partial charge in [0.2, 0.25) is 0 Å². The van der Waals surface area contributed by atoms with Crippen LogP contribution in [-0.2, 0) is 4.43 Å². The molecule has 2 nitrogen and oxygen atoms in total. The van der Waals surface area contributed by atoms with Crippen molar-refractivity contribution in [2.45, 2.75) is 50.6 Å². The van der Waals surface area contributed by atoms with Crippen LogP contribution in [0, 0.1) is 0 Å². The lowest BCUT2D eigenvalue weighted by molar-refractivity contribution is 0.108. The van der Waals surface area contributed by atoms with E-state index in [1.165, 1.54) is 16.8 Å². The van der Waals surface area contributed by atoms with Gasteiger partial charge >= 0.3 is 0 Å². The zero-order chi connectivity index (χ0) is 20.5. The molecule has 0 aromatic heterocycles. The maximum absolute atomic E-state index is 13.3. The molecule has 154 valence electrons. The number of rotatable bonds is 5. The first-order chi connectivity index (χ1) is 13.9. The summed E-state index contributed by atoms with van der Waals surface area (Å²) in [5, 5.41) is 2.57. The Kier molecular flexibility index (Phi) is 5.53. The van der Waals surface area contributed by atoms with Crippen molar-refractivity contribution in [1.82, 2.24) is 4.90 Å². The molecular formula is C25H32FNOSi. The maximum atomic E-state index is 13.3. The maximum Gasteiger partial charge on any atom is 0.261 e. The zero-order valence-electron chi connectivity index (χ0n) is 17.8. The van der Waals surface area contributed by atoms with Crippen LogP contribution in [0.25, 0.3) is 0 Å². The minimum Gasteiger partial charge on any atom is -0.406 e. The highest BCUT2D eigenvalue weighted by Crippen LogP contribution is 2.44. The van der Waals surface area contributed by atoms with E-state index in [-0.39, 0.29) is 10.6 Å². The predicted octanol–water partition coefficient (Wildman–Crippen LogP) is 4.65. The molecule has 2 fully saturated rings. The SMILES string of the molecule is CC(C)(C)[Si](OC[C@@]12CCCN1C/C(=C/F)C2)(c1ccccc1)c1ccccc1. The molecule has 0 aliphatic carbocycles. The third kappa shape index (κ3) is 3.52. The minimum atomic E-state index is -2.55. The van der Waals surface area contributed by atoms with Gasteiger partial charge in [0.1, 0.15) is 0 Å². The van der Waals surface area contributed by atoms with Gasteiger partial charge in [-0.05, 0) is 46.8 Å². The summed E-state index contributed by atoms with van der Waals surface area (Å²) in [6, 6.07) is 21.6.